The van der Waals surface area contributed by atoms with Crippen LogP contribution in [0.3, 0.4) is 0 Å². The first-order valence-corrected chi connectivity index (χ1v) is 6.86. The number of nitrogens with one attached hydrogen (secondary N) is 1. The first kappa shape index (κ1) is 12.2. The molecule has 0 saturated heterocycles. The summed E-state index contributed by atoms with van der Waals surface area (Å²) < 4.78 is 0.794. The number of thiazole rings is 1. The van der Waals surface area contributed by atoms with Gasteiger partial charge in [0.1, 0.15) is 0 Å². The van der Waals surface area contributed by atoms with Gasteiger partial charge in [0.2, 0.25) is 0 Å². The molecule has 1 aromatic carbocycles. The van der Waals surface area contributed by atoms with Crippen molar-refractivity contribution in [1.29, 1.82) is 0 Å². The van der Waals surface area contributed by atoms with Crippen molar-refractivity contribution in [2.75, 3.05) is 5.32 Å². The summed E-state index contributed by atoms with van der Waals surface area (Å²) in [7, 11) is 0. The molecule has 0 aliphatic heterocycles. The molecule has 0 bridgehead atoms. The molecule has 2 nitrogen and oxygen atoms in total. The predicted molar refractivity (Wildman–Crippen MR) is 73.6 cm³/mol. The smallest absolute Gasteiger partial charge is 0.0835 e. The van der Waals surface area contributed by atoms with E-state index in [-0.39, 0.29) is 0 Å². The average Bonchev–Trinajstić information content (AvgIpc) is 2.78. The van der Waals surface area contributed by atoms with Gasteiger partial charge in [-0.15, -0.1) is 11.3 Å². The number of aromatic nitrogens is 1. The fourth-order valence-electron chi connectivity index (χ4n) is 1.17. The van der Waals surface area contributed by atoms with Gasteiger partial charge in [0.25, 0.3) is 0 Å². The largest absolute Gasteiger partial charge is 0.379 e. The van der Waals surface area contributed by atoms with Gasteiger partial charge in [0, 0.05) is 15.5 Å². The number of anilines is 1. The second-order valence-electron chi connectivity index (χ2n) is 3.04. The van der Waals surface area contributed by atoms with Crippen LogP contribution < -0.4 is 5.32 Å². The van der Waals surface area contributed by atoms with E-state index in [1.807, 2.05) is 18.3 Å². The maximum absolute atomic E-state index is 6.10. The van der Waals surface area contributed by atoms with Crippen LogP contribution in [0, 0.1) is 0 Å². The molecule has 0 aliphatic rings. The zero-order valence-electron chi connectivity index (χ0n) is 8.01. The fourth-order valence-corrected chi connectivity index (χ4v) is 2.55. The van der Waals surface area contributed by atoms with Crippen LogP contribution in [0.1, 0.15) is 4.88 Å². The molecule has 0 unspecified atom stereocenters. The van der Waals surface area contributed by atoms with Crippen molar-refractivity contribution in [3.05, 3.63) is 43.2 Å². The Hall–Kier alpha value is -0.290. The molecule has 1 aromatic heterocycles. The first-order valence-electron chi connectivity index (χ1n) is 4.43. The van der Waals surface area contributed by atoms with E-state index in [1.54, 1.807) is 16.8 Å². The molecule has 0 radical (unpaired) electrons. The van der Waals surface area contributed by atoms with Crippen LogP contribution in [0.5, 0.6) is 0 Å². The summed E-state index contributed by atoms with van der Waals surface area (Å²) in [6.45, 7) is 0.697. The highest BCUT2D eigenvalue weighted by atomic mass is 79.9. The molecule has 2 aromatic rings. The Kier molecular flexibility index (Phi) is 4.08. The quantitative estimate of drug-likeness (QED) is 0.812. The highest BCUT2D eigenvalue weighted by Crippen LogP contribution is 2.35. The number of halogens is 3. The molecule has 0 fully saturated rings. The van der Waals surface area contributed by atoms with E-state index in [9.17, 15) is 0 Å². The third kappa shape index (κ3) is 2.69. The lowest BCUT2D eigenvalue weighted by atomic mass is 10.3. The highest BCUT2D eigenvalue weighted by Gasteiger charge is 2.08. The summed E-state index contributed by atoms with van der Waals surface area (Å²) in [5.74, 6) is 0. The summed E-state index contributed by atoms with van der Waals surface area (Å²) in [4.78, 5) is 5.15. The van der Waals surface area contributed by atoms with Gasteiger partial charge < -0.3 is 5.32 Å². The summed E-state index contributed by atoms with van der Waals surface area (Å²) in [6, 6.07) is 3.75. The molecule has 0 amide bonds. The van der Waals surface area contributed by atoms with Crippen LogP contribution in [0.4, 0.5) is 5.69 Å². The van der Waals surface area contributed by atoms with E-state index in [1.165, 1.54) is 0 Å². The topological polar surface area (TPSA) is 24.9 Å². The molecule has 6 heteroatoms. The molecule has 0 spiro atoms. The standard InChI is InChI=1S/C10H7BrCl2N2S/c11-7-1-2-8(10(13)9(7)12)15-4-6-3-14-5-16-6/h1-3,5,15H,4H2. The predicted octanol–water partition coefficient (Wildman–Crippen LogP) is 4.82. The van der Waals surface area contributed by atoms with Crippen molar-refractivity contribution in [2.24, 2.45) is 0 Å². The molecule has 84 valence electrons. The van der Waals surface area contributed by atoms with Crippen molar-refractivity contribution >= 4 is 56.2 Å². The Bertz CT molecular complexity index is 488. The van der Waals surface area contributed by atoms with Crippen LogP contribution in [-0.2, 0) is 6.54 Å². The minimum Gasteiger partial charge on any atom is -0.379 e. The van der Waals surface area contributed by atoms with Crippen molar-refractivity contribution in [1.82, 2.24) is 4.98 Å². The molecule has 2 rings (SSSR count). The maximum Gasteiger partial charge on any atom is 0.0835 e. The molecule has 1 heterocycles. The van der Waals surface area contributed by atoms with Crippen LogP contribution in [-0.4, -0.2) is 4.98 Å². The van der Waals surface area contributed by atoms with E-state index in [4.69, 9.17) is 23.2 Å². The maximum atomic E-state index is 6.10. The molecule has 0 saturated carbocycles. The first-order chi connectivity index (χ1) is 7.68. The second-order valence-corrected chi connectivity index (χ2v) is 5.63. The van der Waals surface area contributed by atoms with Crippen molar-refractivity contribution in [3.63, 3.8) is 0 Å². The van der Waals surface area contributed by atoms with Crippen LogP contribution in [0.25, 0.3) is 0 Å². The number of benzene rings is 1. The summed E-state index contributed by atoms with van der Waals surface area (Å²) in [5.41, 5.74) is 2.62. The van der Waals surface area contributed by atoms with Gasteiger partial charge in [0.05, 0.1) is 27.8 Å². The fraction of sp³-hybridized carbons (Fsp3) is 0.100. The van der Waals surface area contributed by atoms with Crippen LogP contribution >= 0.6 is 50.5 Å². The second kappa shape index (κ2) is 5.36. The Morgan fingerprint density at radius 2 is 2.12 bits per heavy atom. The Morgan fingerprint density at radius 3 is 2.81 bits per heavy atom. The molecular weight excluding hydrogens is 331 g/mol. The van der Waals surface area contributed by atoms with Gasteiger partial charge in [-0.25, -0.2) is 0 Å². The number of hydrogen-bond acceptors (Lipinski definition) is 3. The molecular formula is C10H7BrCl2N2S. The summed E-state index contributed by atoms with van der Waals surface area (Å²) >= 11 is 17.0. The monoisotopic (exact) mass is 336 g/mol. The van der Waals surface area contributed by atoms with Crippen LogP contribution in [0.15, 0.2) is 28.3 Å². The normalized spacial score (nSPS) is 10.4. The lowest BCUT2D eigenvalue weighted by Crippen LogP contribution is -1.98. The van der Waals surface area contributed by atoms with E-state index in [0.717, 1.165) is 15.0 Å². The zero-order valence-corrected chi connectivity index (χ0v) is 11.9. The third-order valence-electron chi connectivity index (χ3n) is 1.97. The molecule has 16 heavy (non-hydrogen) atoms. The minimum atomic E-state index is 0.524. The number of nitrogens with zero attached hydrogens (tertiary/aromatic N) is 1. The Morgan fingerprint density at radius 1 is 1.31 bits per heavy atom. The van der Waals surface area contributed by atoms with E-state index >= 15 is 0 Å². The van der Waals surface area contributed by atoms with Gasteiger partial charge in [0.15, 0.2) is 0 Å². The van der Waals surface area contributed by atoms with Crippen molar-refractivity contribution in [3.8, 4) is 0 Å². The van der Waals surface area contributed by atoms with E-state index < -0.39 is 0 Å². The van der Waals surface area contributed by atoms with Crippen molar-refractivity contribution < 1.29 is 0 Å². The van der Waals surface area contributed by atoms with Crippen LogP contribution in [0.2, 0.25) is 10.0 Å². The molecule has 0 atom stereocenters. The van der Waals surface area contributed by atoms with Gasteiger partial charge >= 0.3 is 0 Å². The molecule has 0 aliphatic carbocycles. The lowest BCUT2D eigenvalue weighted by molar-refractivity contribution is 1.17. The lowest BCUT2D eigenvalue weighted by Gasteiger charge is -2.09. The number of rotatable bonds is 3. The van der Waals surface area contributed by atoms with Gasteiger partial charge in [-0.2, -0.15) is 0 Å². The van der Waals surface area contributed by atoms with Gasteiger partial charge in [-0.05, 0) is 28.1 Å². The third-order valence-corrected chi connectivity index (χ3v) is 4.52. The molecule has 1 N–H and O–H groups in total. The zero-order chi connectivity index (χ0) is 11.5. The number of hydrogen-bond donors (Lipinski definition) is 1. The Labute approximate surface area is 116 Å². The van der Waals surface area contributed by atoms with Gasteiger partial charge in [-0.1, -0.05) is 23.2 Å². The highest BCUT2D eigenvalue weighted by molar-refractivity contribution is 9.10. The summed E-state index contributed by atoms with van der Waals surface area (Å²) in [5, 5.41) is 4.27. The minimum absolute atomic E-state index is 0.524. The average molecular weight is 338 g/mol. The summed E-state index contributed by atoms with van der Waals surface area (Å²) in [6.07, 6.45) is 1.83. The SMILES string of the molecule is Clc1c(Br)ccc(NCc2cncs2)c1Cl. The van der Waals surface area contributed by atoms with E-state index in [0.29, 0.717) is 16.6 Å². The van der Waals surface area contributed by atoms with Gasteiger partial charge in [-0.3, -0.25) is 4.98 Å². The van der Waals surface area contributed by atoms with E-state index in [2.05, 4.69) is 26.2 Å². The Balaban J connectivity index is 2.13. The van der Waals surface area contributed by atoms with Crippen molar-refractivity contribution in [2.45, 2.75) is 6.54 Å².